The summed E-state index contributed by atoms with van der Waals surface area (Å²) in [6, 6.07) is 12.3. The van der Waals surface area contributed by atoms with Crippen molar-refractivity contribution in [3.8, 4) is 23.0 Å². The first-order valence-corrected chi connectivity index (χ1v) is 8.57. The summed E-state index contributed by atoms with van der Waals surface area (Å²) in [4.78, 5) is 12.2. The number of anilines is 1. The lowest BCUT2D eigenvalue weighted by atomic mass is 10.2. The summed E-state index contributed by atoms with van der Waals surface area (Å²) in [6.07, 6.45) is 0.487. The number of benzene rings is 2. The third-order valence-corrected chi connectivity index (χ3v) is 4.02. The molecule has 0 atom stereocenters. The number of hydrogen-bond acceptors (Lipinski definition) is 6. The number of carbonyl (C=O) groups excluding carboxylic acids is 1. The highest BCUT2D eigenvalue weighted by Crippen LogP contribution is 2.28. The van der Waals surface area contributed by atoms with Crippen molar-refractivity contribution in [2.45, 2.75) is 12.8 Å². The monoisotopic (exact) mass is 387 g/mol. The van der Waals surface area contributed by atoms with Crippen molar-refractivity contribution in [2.24, 2.45) is 0 Å². The number of ether oxygens (including phenoxy) is 2. The van der Waals surface area contributed by atoms with Gasteiger partial charge in [-0.1, -0.05) is 17.7 Å². The Morgan fingerprint density at radius 2 is 2.00 bits per heavy atom. The zero-order chi connectivity index (χ0) is 19.2. The van der Waals surface area contributed by atoms with E-state index >= 15 is 0 Å². The molecule has 0 saturated carbocycles. The fourth-order valence-electron chi connectivity index (χ4n) is 2.44. The molecule has 0 aliphatic carbocycles. The van der Waals surface area contributed by atoms with Crippen LogP contribution in [0.3, 0.4) is 0 Å². The Labute approximate surface area is 161 Å². The van der Waals surface area contributed by atoms with Crippen molar-refractivity contribution >= 4 is 23.2 Å². The Bertz CT molecular complexity index is 942. The van der Waals surface area contributed by atoms with E-state index in [0.29, 0.717) is 40.4 Å². The van der Waals surface area contributed by atoms with Crippen molar-refractivity contribution in [2.75, 3.05) is 19.5 Å². The fourth-order valence-corrected chi connectivity index (χ4v) is 2.61. The lowest BCUT2D eigenvalue weighted by Gasteiger charge is -2.10. The molecule has 0 unspecified atom stereocenters. The molecule has 0 bridgehead atoms. The van der Waals surface area contributed by atoms with Crippen LogP contribution in [0.5, 0.6) is 11.5 Å². The van der Waals surface area contributed by atoms with Gasteiger partial charge in [0, 0.05) is 23.4 Å². The average molecular weight is 388 g/mol. The van der Waals surface area contributed by atoms with Crippen molar-refractivity contribution in [3.63, 3.8) is 0 Å². The second-order valence-electron chi connectivity index (χ2n) is 5.63. The van der Waals surface area contributed by atoms with E-state index in [1.165, 1.54) is 7.11 Å². The predicted octanol–water partition coefficient (Wildman–Crippen LogP) is 3.98. The van der Waals surface area contributed by atoms with Gasteiger partial charge in [0.25, 0.3) is 0 Å². The number of rotatable bonds is 7. The molecule has 0 aliphatic rings. The average Bonchev–Trinajstić information content (AvgIpc) is 3.16. The van der Waals surface area contributed by atoms with E-state index in [4.69, 9.17) is 25.5 Å². The van der Waals surface area contributed by atoms with Crippen LogP contribution in [0.4, 0.5) is 5.69 Å². The fraction of sp³-hybridized carbons (Fsp3) is 0.211. The molecule has 7 nitrogen and oxygen atoms in total. The molecule has 1 aromatic heterocycles. The first-order chi connectivity index (χ1) is 13.1. The van der Waals surface area contributed by atoms with Crippen LogP contribution in [0, 0.1) is 0 Å². The summed E-state index contributed by atoms with van der Waals surface area (Å²) < 4.78 is 16.0. The molecule has 3 rings (SSSR count). The standard InChI is InChI=1S/C19H18ClN3O4/c1-25-14-5-3-4-12(10-14)19-23-22-18(27-19)9-8-17(24)21-15-11-13(20)6-7-16(15)26-2/h3-7,10-11H,8-9H2,1-2H3,(H,21,24). The molecule has 8 heteroatoms. The van der Waals surface area contributed by atoms with Gasteiger partial charge < -0.3 is 19.2 Å². The minimum Gasteiger partial charge on any atom is -0.497 e. The summed E-state index contributed by atoms with van der Waals surface area (Å²) >= 11 is 5.96. The third kappa shape index (κ3) is 4.77. The van der Waals surface area contributed by atoms with Crippen molar-refractivity contribution in [3.05, 3.63) is 53.4 Å². The maximum atomic E-state index is 12.2. The molecular formula is C19H18ClN3O4. The molecule has 27 heavy (non-hydrogen) atoms. The van der Waals surface area contributed by atoms with Gasteiger partial charge >= 0.3 is 0 Å². The highest BCUT2D eigenvalue weighted by molar-refractivity contribution is 6.31. The molecule has 2 aromatic carbocycles. The molecule has 0 fully saturated rings. The molecule has 0 spiro atoms. The van der Waals surface area contributed by atoms with Crippen molar-refractivity contribution in [1.82, 2.24) is 10.2 Å². The number of halogens is 1. The summed E-state index contributed by atoms with van der Waals surface area (Å²) in [6.45, 7) is 0. The number of aromatic nitrogens is 2. The van der Waals surface area contributed by atoms with Gasteiger partial charge in [-0.3, -0.25) is 4.79 Å². The molecule has 0 radical (unpaired) electrons. The van der Waals surface area contributed by atoms with E-state index in [9.17, 15) is 4.79 Å². The molecular weight excluding hydrogens is 370 g/mol. The molecule has 1 heterocycles. The number of hydrogen-bond donors (Lipinski definition) is 1. The first-order valence-electron chi connectivity index (χ1n) is 8.19. The van der Waals surface area contributed by atoms with E-state index in [0.717, 1.165) is 5.56 Å². The number of carbonyl (C=O) groups is 1. The van der Waals surface area contributed by atoms with Crippen LogP contribution in [0.15, 0.2) is 46.9 Å². The Hall–Kier alpha value is -3.06. The number of methoxy groups -OCH3 is 2. The minimum absolute atomic E-state index is 0.176. The van der Waals surface area contributed by atoms with Crippen LogP contribution in [0.25, 0.3) is 11.5 Å². The lowest BCUT2D eigenvalue weighted by Crippen LogP contribution is -2.13. The summed E-state index contributed by atoms with van der Waals surface area (Å²) in [7, 11) is 3.11. The first kappa shape index (κ1) is 18.7. The van der Waals surface area contributed by atoms with Gasteiger partial charge in [-0.15, -0.1) is 10.2 Å². The van der Waals surface area contributed by atoms with Gasteiger partial charge in [0.15, 0.2) is 0 Å². The number of aryl methyl sites for hydroxylation is 1. The minimum atomic E-state index is -0.211. The van der Waals surface area contributed by atoms with Gasteiger partial charge in [-0.25, -0.2) is 0 Å². The Morgan fingerprint density at radius 1 is 1.15 bits per heavy atom. The highest BCUT2D eigenvalue weighted by Gasteiger charge is 2.13. The van der Waals surface area contributed by atoms with Crippen molar-refractivity contribution in [1.29, 1.82) is 0 Å². The quantitative estimate of drug-likeness (QED) is 0.659. The van der Waals surface area contributed by atoms with E-state index < -0.39 is 0 Å². The summed E-state index contributed by atoms with van der Waals surface area (Å²) in [5.41, 5.74) is 1.26. The van der Waals surface area contributed by atoms with Crippen LogP contribution in [-0.2, 0) is 11.2 Å². The van der Waals surface area contributed by atoms with Crippen LogP contribution in [-0.4, -0.2) is 30.3 Å². The van der Waals surface area contributed by atoms with Gasteiger partial charge in [-0.2, -0.15) is 0 Å². The van der Waals surface area contributed by atoms with E-state index in [2.05, 4.69) is 15.5 Å². The zero-order valence-electron chi connectivity index (χ0n) is 14.9. The summed E-state index contributed by atoms with van der Waals surface area (Å²) in [5, 5.41) is 11.3. The maximum Gasteiger partial charge on any atom is 0.247 e. The van der Waals surface area contributed by atoms with Gasteiger partial charge in [-0.05, 0) is 36.4 Å². The molecule has 0 aliphatic heterocycles. The third-order valence-electron chi connectivity index (χ3n) is 3.79. The van der Waals surface area contributed by atoms with Gasteiger partial charge in [0.05, 0.1) is 19.9 Å². The number of amides is 1. The Morgan fingerprint density at radius 3 is 2.78 bits per heavy atom. The van der Waals surface area contributed by atoms with E-state index in [1.54, 1.807) is 31.4 Å². The van der Waals surface area contributed by atoms with Crippen molar-refractivity contribution < 1.29 is 18.7 Å². The Kier molecular flexibility index (Phi) is 5.93. The van der Waals surface area contributed by atoms with Crippen LogP contribution >= 0.6 is 11.6 Å². The van der Waals surface area contributed by atoms with Crippen LogP contribution in [0.1, 0.15) is 12.3 Å². The predicted molar refractivity (Wildman–Crippen MR) is 101 cm³/mol. The Balaban J connectivity index is 1.61. The molecule has 0 saturated heterocycles. The maximum absolute atomic E-state index is 12.2. The second kappa shape index (κ2) is 8.55. The zero-order valence-corrected chi connectivity index (χ0v) is 15.6. The smallest absolute Gasteiger partial charge is 0.247 e. The van der Waals surface area contributed by atoms with E-state index in [-0.39, 0.29) is 12.3 Å². The highest BCUT2D eigenvalue weighted by atomic mass is 35.5. The normalized spacial score (nSPS) is 10.5. The number of nitrogens with zero attached hydrogens (tertiary/aromatic N) is 2. The summed E-state index contributed by atoms with van der Waals surface area (Å²) in [5.74, 6) is 1.77. The molecule has 1 amide bonds. The molecule has 1 N–H and O–H groups in total. The van der Waals surface area contributed by atoms with E-state index in [1.807, 2.05) is 18.2 Å². The van der Waals surface area contributed by atoms with Crippen LogP contribution in [0.2, 0.25) is 5.02 Å². The van der Waals surface area contributed by atoms with Gasteiger partial charge in [0.1, 0.15) is 11.5 Å². The van der Waals surface area contributed by atoms with Crippen LogP contribution < -0.4 is 14.8 Å². The largest absolute Gasteiger partial charge is 0.497 e. The molecule has 3 aromatic rings. The topological polar surface area (TPSA) is 86.5 Å². The SMILES string of the molecule is COc1cccc(-c2nnc(CCC(=O)Nc3cc(Cl)ccc3OC)o2)c1. The lowest BCUT2D eigenvalue weighted by molar-refractivity contribution is -0.116. The molecule has 140 valence electrons. The number of nitrogens with one attached hydrogen (secondary N) is 1. The second-order valence-corrected chi connectivity index (χ2v) is 6.06. The van der Waals surface area contributed by atoms with Gasteiger partial charge in [0.2, 0.25) is 17.7 Å².